The van der Waals surface area contributed by atoms with Crippen LogP contribution in [0.3, 0.4) is 0 Å². The van der Waals surface area contributed by atoms with Crippen LogP contribution in [-0.2, 0) is 6.18 Å². The Balaban J connectivity index is 1.64. The van der Waals surface area contributed by atoms with Gasteiger partial charge in [0.25, 0.3) is 0 Å². The standard InChI is InChI=1S/C16H17Cl2F3N4O2/c17-12-2-1-11(7-13(12)18)27-9-10(26)8-22-5-6-24-15-23-4-3-14(25-15)16(19,20)21/h1-4,7,10,22,26H,5-6,8-9H2,(H,23,24,25). The summed E-state index contributed by atoms with van der Waals surface area (Å²) in [5, 5.41) is 16.2. The number of benzene rings is 1. The van der Waals surface area contributed by atoms with E-state index < -0.39 is 18.0 Å². The van der Waals surface area contributed by atoms with Gasteiger partial charge in [0.1, 0.15) is 24.2 Å². The van der Waals surface area contributed by atoms with Crippen LogP contribution in [0.4, 0.5) is 19.1 Å². The molecule has 0 aliphatic rings. The first kappa shape index (κ1) is 21.5. The molecular formula is C16H17Cl2F3N4O2. The normalized spacial score (nSPS) is 12.7. The number of aromatic nitrogens is 2. The van der Waals surface area contributed by atoms with E-state index in [9.17, 15) is 18.3 Å². The number of halogens is 5. The van der Waals surface area contributed by atoms with Gasteiger partial charge in [-0.3, -0.25) is 0 Å². The first-order chi connectivity index (χ1) is 12.8. The molecule has 0 amide bonds. The Labute approximate surface area is 163 Å². The Morgan fingerprint density at radius 3 is 2.63 bits per heavy atom. The predicted molar refractivity (Wildman–Crippen MR) is 96.4 cm³/mol. The summed E-state index contributed by atoms with van der Waals surface area (Å²) < 4.78 is 43.1. The summed E-state index contributed by atoms with van der Waals surface area (Å²) in [5.74, 6) is 0.363. The second-order valence-corrected chi connectivity index (χ2v) is 6.25. The second-order valence-electron chi connectivity index (χ2n) is 5.43. The highest BCUT2D eigenvalue weighted by Gasteiger charge is 2.32. The fraction of sp³-hybridized carbons (Fsp3) is 0.375. The molecule has 11 heteroatoms. The van der Waals surface area contributed by atoms with Gasteiger partial charge in [0.05, 0.1) is 10.0 Å². The number of alkyl halides is 3. The molecule has 2 rings (SSSR count). The number of aliphatic hydroxyl groups is 1. The van der Waals surface area contributed by atoms with Crippen LogP contribution < -0.4 is 15.4 Å². The van der Waals surface area contributed by atoms with Gasteiger partial charge in [0.15, 0.2) is 0 Å². The second kappa shape index (κ2) is 9.93. The minimum Gasteiger partial charge on any atom is -0.491 e. The van der Waals surface area contributed by atoms with E-state index >= 15 is 0 Å². The molecule has 0 spiro atoms. The van der Waals surface area contributed by atoms with Crippen molar-refractivity contribution >= 4 is 29.2 Å². The van der Waals surface area contributed by atoms with Gasteiger partial charge in [-0.25, -0.2) is 9.97 Å². The van der Waals surface area contributed by atoms with E-state index in [1.54, 1.807) is 18.2 Å². The summed E-state index contributed by atoms with van der Waals surface area (Å²) >= 11 is 11.7. The molecule has 3 N–H and O–H groups in total. The molecule has 0 radical (unpaired) electrons. The van der Waals surface area contributed by atoms with Crippen molar-refractivity contribution < 1.29 is 23.0 Å². The van der Waals surface area contributed by atoms with Crippen molar-refractivity contribution in [3.8, 4) is 5.75 Å². The monoisotopic (exact) mass is 424 g/mol. The topological polar surface area (TPSA) is 79.3 Å². The van der Waals surface area contributed by atoms with Crippen molar-refractivity contribution in [1.29, 1.82) is 0 Å². The van der Waals surface area contributed by atoms with Crippen molar-refractivity contribution in [3.05, 3.63) is 46.2 Å². The number of ether oxygens (including phenoxy) is 1. The zero-order chi connectivity index (χ0) is 19.9. The fourth-order valence-electron chi connectivity index (χ4n) is 1.95. The van der Waals surface area contributed by atoms with Gasteiger partial charge in [0, 0.05) is 31.9 Å². The average molecular weight is 425 g/mol. The molecule has 6 nitrogen and oxygen atoms in total. The van der Waals surface area contributed by atoms with Crippen LogP contribution in [-0.4, -0.2) is 47.4 Å². The van der Waals surface area contributed by atoms with Gasteiger partial charge < -0.3 is 20.5 Å². The zero-order valence-corrected chi connectivity index (χ0v) is 15.4. The maximum absolute atomic E-state index is 12.6. The summed E-state index contributed by atoms with van der Waals surface area (Å²) in [5.41, 5.74) is -1.01. The molecule has 0 aliphatic carbocycles. The summed E-state index contributed by atoms with van der Waals surface area (Å²) in [6.07, 6.45) is -4.27. The fourth-order valence-corrected chi connectivity index (χ4v) is 2.24. The van der Waals surface area contributed by atoms with Crippen LogP contribution in [0, 0.1) is 0 Å². The SMILES string of the molecule is OC(CNCCNc1nccc(C(F)(F)F)n1)COc1ccc(Cl)c(Cl)c1. The maximum Gasteiger partial charge on any atom is 0.433 e. The molecule has 2 aromatic rings. The Morgan fingerprint density at radius 1 is 1.15 bits per heavy atom. The van der Waals surface area contributed by atoms with E-state index in [1.165, 1.54) is 0 Å². The predicted octanol–water partition coefficient (Wildman–Crippen LogP) is 3.24. The maximum atomic E-state index is 12.6. The van der Waals surface area contributed by atoms with Gasteiger partial charge in [-0.05, 0) is 18.2 Å². The van der Waals surface area contributed by atoms with Gasteiger partial charge in [0.2, 0.25) is 5.95 Å². The molecule has 0 fully saturated rings. The van der Waals surface area contributed by atoms with Gasteiger partial charge >= 0.3 is 6.18 Å². The van der Waals surface area contributed by atoms with Crippen LogP contribution in [0.2, 0.25) is 10.0 Å². The molecule has 1 heterocycles. The van der Waals surface area contributed by atoms with E-state index in [2.05, 4.69) is 20.6 Å². The number of rotatable bonds is 9. The lowest BCUT2D eigenvalue weighted by molar-refractivity contribution is -0.141. The van der Waals surface area contributed by atoms with Gasteiger partial charge in [-0.1, -0.05) is 23.2 Å². The van der Waals surface area contributed by atoms with Gasteiger partial charge in [-0.2, -0.15) is 13.2 Å². The number of aliphatic hydroxyl groups excluding tert-OH is 1. The first-order valence-electron chi connectivity index (χ1n) is 7.86. The molecule has 1 unspecified atom stereocenters. The smallest absolute Gasteiger partial charge is 0.433 e. The van der Waals surface area contributed by atoms with Crippen molar-refractivity contribution in [1.82, 2.24) is 15.3 Å². The zero-order valence-electron chi connectivity index (χ0n) is 13.9. The lowest BCUT2D eigenvalue weighted by Crippen LogP contribution is -2.34. The molecule has 1 aromatic carbocycles. The van der Waals surface area contributed by atoms with E-state index in [-0.39, 0.29) is 25.6 Å². The van der Waals surface area contributed by atoms with Crippen molar-refractivity contribution in [2.45, 2.75) is 12.3 Å². The number of hydrogen-bond acceptors (Lipinski definition) is 6. The van der Waals surface area contributed by atoms with E-state index in [0.29, 0.717) is 22.3 Å². The summed E-state index contributed by atoms with van der Waals surface area (Å²) in [6.45, 7) is 0.923. The van der Waals surface area contributed by atoms with Crippen molar-refractivity contribution in [3.63, 3.8) is 0 Å². The average Bonchev–Trinajstić information content (AvgIpc) is 2.62. The van der Waals surface area contributed by atoms with Crippen LogP contribution in [0.1, 0.15) is 5.69 Å². The third-order valence-electron chi connectivity index (χ3n) is 3.24. The largest absolute Gasteiger partial charge is 0.491 e. The van der Waals surface area contributed by atoms with Crippen LogP contribution in [0.25, 0.3) is 0 Å². The van der Waals surface area contributed by atoms with E-state index in [4.69, 9.17) is 27.9 Å². The Kier molecular flexibility index (Phi) is 7.91. The highest BCUT2D eigenvalue weighted by Crippen LogP contribution is 2.27. The summed E-state index contributed by atoms with van der Waals surface area (Å²) in [4.78, 5) is 7.11. The van der Waals surface area contributed by atoms with E-state index in [0.717, 1.165) is 12.3 Å². The summed E-state index contributed by atoms with van der Waals surface area (Å²) in [7, 11) is 0. The number of anilines is 1. The molecule has 1 atom stereocenters. The third kappa shape index (κ3) is 7.37. The minimum absolute atomic E-state index is 0.0368. The van der Waals surface area contributed by atoms with Crippen molar-refractivity contribution in [2.24, 2.45) is 0 Å². The Morgan fingerprint density at radius 2 is 1.93 bits per heavy atom. The molecule has 0 saturated carbocycles. The van der Waals surface area contributed by atoms with E-state index in [1.807, 2.05) is 0 Å². The lowest BCUT2D eigenvalue weighted by Gasteiger charge is -2.14. The molecule has 148 valence electrons. The van der Waals surface area contributed by atoms with Crippen molar-refractivity contribution in [2.75, 3.05) is 31.6 Å². The number of hydrogen-bond donors (Lipinski definition) is 3. The molecule has 0 bridgehead atoms. The first-order valence-corrected chi connectivity index (χ1v) is 8.62. The highest BCUT2D eigenvalue weighted by molar-refractivity contribution is 6.42. The van der Waals surface area contributed by atoms with Crippen LogP contribution in [0.5, 0.6) is 5.75 Å². The Hall–Kier alpha value is -1.81. The third-order valence-corrected chi connectivity index (χ3v) is 3.98. The van der Waals surface area contributed by atoms with Crippen LogP contribution in [0.15, 0.2) is 30.5 Å². The molecule has 0 aliphatic heterocycles. The van der Waals surface area contributed by atoms with Crippen LogP contribution >= 0.6 is 23.2 Å². The highest BCUT2D eigenvalue weighted by atomic mass is 35.5. The van der Waals surface area contributed by atoms with Gasteiger partial charge in [-0.15, -0.1) is 0 Å². The minimum atomic E-state index is -4.52. The summed E-state index contributed by atoms with van der Waals surface area (Å²) in [6, 6.07) is 5.56. The lowest BCUT2D eigenvalue weighted by atomic mass is 10.3. The number of nitrogens with zero attached hydrogens (tertiary/aromatic N) is 2. The molecule has 27 heavy (non-hydrogen) atoms. The number of nitrogens with one attached hydrogen (secondary N) is 2. The molecular weight excluding hydrogens is 408 g/mol. The quantitative estimate of drug-likeness (QED) is 0.536. The molecule has 0 saturated heterocycles. The molecule has 1 aromatic heterocycles. The Bertz CT molecular complexity index is 750.